The van der Waals surface area contributed by atoms with E-state index in [9.17, 15) is 8.78 Å². The summed E-state index contributed by atoms with van der Waals surface area (Å²) in [5, 5.41) is 3.03. The predicted octanol–water partition coefficient (Wildman–Crippen LogP) is 3.06. The largest absolute Gasteiger partial charge is 0.313 e. The first-order valence-electron chi connectivity index (χ1n) is 5.29. The maximum Gasteiger partial charge on any atom is 0.129 e. The minimum Gasteiger partial charge on any atom is -0.313 e. The molecular weight excluding hydrogens is 208 g/mol. The monoisotopic (exact) mass is 225 g/mol. The van der Waals surface area contributed by atoms with Crippen molar-refractivity contribution < 1.29 is 8.78 Å². The molecule has 1 unspecified atom stereocenters. The summed E-state index contributed by atoms with van der Waals surface area (Å²) in [4.78, 5) is 0. The van der Waals surface area contributed by atoms with Gasteiger partial charge in [0.1, 0.15) is 11.6 Å². The van der Waals surface area contributed by atoms with Crippen molar-refractivity contribution in [3.05, 3.63) is 47.0 Å². The second-order valence-corrected chi connectivity index (χ2v) is 4.04. The van der Waals surface area contributed by atoms with Crippen molar-refractivity contribution in [3.63, 3.8) is 0 Å². The van der Waals surface area contributed by atoms with Gasteiger partial charge in [0, 0.05) is 11.6 Å². The van der Waals surface area contributed by atoms with Gasteiger partial charge in [-0.1, -0.05) is 17.7 Å². The molecule has 1 nitrogen and oxygen atoms in total. The molecule has 1 atom stereocenters. The van der Waals surface area contributed by atoms with E-state index in [0.29, 0.717) is 6.42 Å². The van der Waals surface area contributed by atoms with E-state index in [-0.39, 0.29) is 11.6 Å². The van der Waals surface area contributed by atoms with Gasteiger partial charge in [-0.2, -0.15) is 0 Å². The van der Waals surface area contributed by atoms with Gasteiger partial charge in [0.05, 0.1) is 0 Å². The van der Waals surface area contributed by atoms with Crippen LogP contribution in [0.4, 0.5) is 8.78 Å². The third-order valence-corrected chi connectivity index (χ3v) is 2.39. The first-order chi connectivity index (χ1) is 7.54. The molecule has 0 aliphatic rings. The van der Waals surface area contributed by atoms with Gasteiger partial charge in [-0.3, -0.25) is 0 Å². The van der Waals surface area contributed by atoms with Crippen LogP contribution in [-0.4, -0.2) is 13.1 Å². The van der Waals surface area contributed by atoms with Crippen molar-refractivity contribution in [2.75, 3.05) is 7.05 Å². The zero-order chi connectivity index (χ0) is 12.1. The molecule has 0 heterocycles. The summed E-state index contributed by atoms with van der Waals surface area (Å²) in [7, 11) is 1.78. The number of benzene rings is 1. The van der Waals surface area contributed by atoms with Gasteiger partial charge in [0.2, 0.25) is 0 Å². The highest BCUT2D eigenvalue weighted by atomic mass is 19.1. The van der Waals surface area contributed by atoms with Crippen molar-refractivity contribution in [1.29, 1.82) is 0 Å². The minimum atomic E-state index is -0.484. The van der Waals surface area contributed by atoms with E-state index in [1.54, 1.807) is 7.05 Å². The van der Waals surface area contributed by atoms with Crippen molar-refractivity contribution in [2.24, 2.45) is 0 Å². The molecule has 0 aliphatic carbocycles. The third-order valence-electron chi connectivity index (χ3n) is 2.39. The van der Waals surface area contributed by atoms with E-state index < -0.39 is 11.6 Å². The Balaban J connectivity index is 2.90. The summed E-state index contributed by atoms with van der Waals surface area (Å²) in [5.74, 6) is -0.968. The molecule has 3 heteroatoms. The van der Waals surface area contributed by atoms with Crippen molar-refractivity contribution in [2.45, 2.75) is 26.3 Å². The van der Waals surface area contributed by atoms with Crippen LogP contribution in [0.2, 0.25) is 0 Å². The van der Waals surface area contributed by atoms with Crippen LogP contribution >= 0.6 is 0 Å². The Morgan fingerprint density at radius 1 is 1.31 bits per heavy atom. The maximum atomic E-state index is 13.4. The Hall–Kier alpha value is -1.22. The van der Waals surface area contributed by atoms with Crippen LogP contribution in [0.25, 0.3) is 0 Å². The molecule has 0 aromatic heterocycles. The highest BCUT2D eigenvalue weighted by Crippen LogP contribution is 2.15. The molecule has 0 radical (unpaired) electrons. The average molecular weight is 225 g/mol. The summed E-state index contributed by atoms with van der Waals surface area (Å²) in [6.45, 7) is 3.92. The van der Waals surface area contributed by atoms with Crippen LogP contribution in [0, 0.1) is 11.6 Å². The molecule has 1 aromatic carbocycles. The van der Waals surface area contributed by atoms with Gasteiger partial charge in [-0.25, -0.2) is 8.78 Å². The highest BCUT2D eigenvalue weighted by molar-refractivity contribution is 5.22. The first-order valence-corrected chi connectivity index (χ1v) is 5.29. The Kier molecular flexibility index (Phi) is 4.62. The van der Waals surface area contributed by atoms with E-state index >= 15 is 0 Å². The summed E-state index contributed by atoms with van der Waals surface area (Å²) >= 11 is 0. The lowest BCUT2D eigenvalue weighted by molar-refractivity contribution is 0.535. The van der Waals surface area contributed by atoms with E-state index in [1.165, 1.54) is 18.2 Å². The normalized spacial score (nSPS) is 12.3. The Labute approximate surface area is 95.2 Å². The van der Waals surface area contributed by atoms with Crippen LogP contribution in [0.3, 0.4) is 0 Å². The van der Waals surface area contributed by atoms with Crippen molar-refractivity contribution in [1.82, 2.24) is 5.32 Å². The molecule has 0 saturated heterocycles. The summed E-state index contributed by atoms with van der Waals surface area (Å²) in [6.07, 6.45) is 2.28. The van der Waals surface area contributed by atoms with Crippen molar-refractivity contribution in [3.8, 4) is 0 Å². The lowest BCUT2D eigenvalue weighted by Gasteiger charge is -2.13. The van der Waals surface area contributed by atoms with E-state index in [2.05, 4.69) is 5.32 Å². The first kappa shape index (κ1) is 12.8. The maximum absolute atomic E-state index is 13.4. The zero-order valence-corrected chi connectivity index (χ0v) is 9.85. The number of hydrogen-bond acceptors (Lipinski definition) is 1. The second kappa shape index (κ2) is 5.75. The second-order valence-electron chi connectivity index (χ2n) is 4.04. The molecule has 0 bridgehead atoms. The molecule has 1 aromatic rings. The lowest BCUT2D eigenvalue weighted by atomic mass is 10.0. The van der Waals surface area contributed by atoms with E-state index in [4.69, 9.17) is 0 Å². The molecule has 0 saturated carbocycles. The smallest absolute Gasteiger partial charge is 0.129 e. The summed E-state index contributed by atoms with van der Waals surface area (Å²) < 4.78 is 26.8. The SMILES string of the molecule is CNC(C=C(C)C)Cc1c(F)cccc1F. The van der Waals surface area contributed by atoms with E-state index in [1.807, 2.05) is 19.9 Å². The van der Waals surface area contributed by atoms with Crippen LogP contribution in [-0.2, 0) is 6.42 Å². The predicted molar refractivity (Wildman–Crippen MR) is 62.3 cm³/mol. The quantitative estimate of drug-likeness (QED) is 0.776. The van der Waals surface area contributed by atoms with Gasteiger partial charge >= 0.3 is 0 Å². The lowest BCUT2D eigenvalue weighted by Crippen LogP contribution is -2.26. The molecular formula is C13H17F2N. The van der Waals surface area contributed by atoms with E-state index in [0.717, 1.165) is 5.57 Å². The molecule has 1 N–H and O–H groups in total. The van der Waals surface area contributed by atoms with Gasteiger partial charge in [-0.05, 0) is 39.4 Å². The average Bonchev–Trinajstić information content (AvgIpc) is 2.21. The van der Waals surface area contributed by atoms with Crippen LogP contribution in [0.5, 0.6) is 0 Å². The van der Waals surface area contributed by atoms with Gasteiger partial charge in [-0.15, -0.1) is 0 Å². The minimum absolute atomic E-state index is 0.0450. The van der Waals surface area contributed by atoms with Crippen LogP contribution in [0.1, 0.15) is 19.4 Å². The Morgan fingerprint density at radius 2 is 1.88 bits per heavy atom. The fraction of sp³-hybridized carbons (Fsp3) is 0.385. The summed E-state index contributed by atoms with van der Waals surface area (Å²) in [5.41, 5.74) is 1.26. The molecule has 0 amide bonds. The van der Waals surface area contributed by atoms with Crippen LogP contribution in [0.15, 0.2) is 29.8 Å². The number of likely N-dealkylation sites (N-methyl/N-ethyl adjacent to an activating group) is 1. The van der Waals surface area contributed by atoms with Gasteiger partial charge < -0.3 is 5.32 Å². The highest BCUT2D eigenvalue weighted by Gasteiger charge is 2.12. The molecule has 88 valence electrons. The molecule has 1 rings (SSSR count). The number of nitrogens with one attached hydrogen (secondary N) is 1. The molecule has 16 heavy (non-hydrogen) atoms. The fourth-order valence-electron chi connectivity index (χ4n) is 1.59. The summed E-state index contributed by atoms with van der Waals surface area (Å²) in [6, 6.07) is 3.90. The number of allylic oxidation sites excluding steroid dienone is 1. The number of rotatable bonds is 4. The van der Waals surface area contributed by atoms with Gasteiger partial charge in [0.25, 0.3) is 0 Å². The molecule has 0 aliphatic heterocycles. The molecule has 0 spiro atoms. The van der Waals surface area contributed by atoms with Crippen LogP contribution < -0.4 is 5.32 Å². The third kappa shape index (κ3) is 3.42. The zero-order valence-electron chi connectivity index (χ0n) is 9.85. The Morgan fingerprint density at radius 3 is 2.31 bits per heavy atom. The van der Waals surface area contributed by atoms with Gasteiger partial charge in [0.15, 0.2) is 0 Å². The Bertz CT molecular complexity index is 361. The number of halogens is 2. The standard InChI is InChI=1S/C13H17F2N/c1-9(2)7-10(16-3)8-11-12(14)5-4-6-13(11)15/h4-7,10,16H,8H2,1-3H3. The molecule has 0 fully saturated rings. The van der Waals surface area contributed by atoms with Crippen molar-refractivity contribution >= 4 is 0 Å². The topological polar surface area (TPSA) is 12.0 Å². The fourth-order valence-corrected chi connectivity index (χ4v) is 1.59. The number of hydrogen-bond donors (Lipinski definition) is 1.